The number of nitriles is 1. The van der Waals surface area contributed by atoms with Crippen LogP contribution in [-0.2, 0) is 4.74 Å². The molecule has 0 spiro atoms. The number of carbonyl (C=O) groups is 2. The number of aromatic nitrogens is 1. The number of anilines is 1. The van der Waals surface area contributed by atoms with E-state index in [-0.39, 0.29) is 12.0 Å². The number of amides is 2. The zero-order chi connectivity index (χ0) is 24.2. The van der Waals surface area contributed by atoms with Gasteiger partial charge in [0.25, 0.3) is 5.91 Å². The van der Waals surface area contributed by atoms with Gasteiger partial charge in [-0.15, -0.1) is 0 Å². The molecule has 0 unspecified atom stereocenters. The van der Waals surface area contributed by atoms with E-state index in [0.29, 0.717) is 34.9 Å². The zero-order valence-electron chi connectivity index (χ0n) is 19.2. The van der Waals surface area contributed by atoms with Crippen LogP contribution in [-0.4, -0.2) is 40.6 Å². The summed E-state index contributed by atoms with van der Waals surface area (Å²) < 4.78 is 5.46. The van der Waals surface area contributed by atoms with E-state index in [1.165, 1.54) is 24.0 Å². The Balaban J connectivity index is 1.74. The summed E-state index contributed by atoms with van der Waals surface area (Å²) in [7, 11) is 0. The lowest BCUT2D eigenvalue weighted by molar-refractivity contribution is 0.0236. The van der Waals surface area contributed by atoms with Crippen LogP contribution in [0.1, 0.15) is 60.7 Å². The van der Waals surface area contributed by atoms with Gasteiger partial charge in [0.15, 0.2) is 0 Å². The lowest BCUT2D eigenvalue weighted by Crippen LogP contribution is -2.40. The first kappa shape index (κ1) is 24.3. The molecule has 172 valence electrons. The van der Waals surface area contributed by atoms with E-state index in [4.69, 9.17) is 21.6 Å². The van der Waals surface area contributed by atoms with Crippen molar-refractivity contribution in [3.63, 3.8) is 0 Å². The van der Waals surface area contributed by atoms with E-state index in [1.54, 1.807) is 11.0 Å². The van der Waals surface area contributed by atoms with E-state index < -0.39 is 5.60 Å². The molecule has 0 atom stereocenters. The predicted molar refractivity (Wildman–Crippen MR) is 128 cm³/mol. The van der Waals surface area contributed by atoms with Gasteiger partial charge in [-0.25, -0.2) is 4.79 Å². The standard InChI is InChI=1S/C25H27ClN4O3/c1-16-19(9-17-5-7-30(8-6-17)24(32)33-25(2,3)4)11-21(26)12-22(16)29-23(31)20-10-18(13-27)14-28-15-20/h9-12,14-15H,5-8H2,1-4H3,(H,29,31). The Bertz CT molecular complexity index is 1140. The number of pyridine rings is 1. The third-order valence-electron chi connectivity index (χ3n) is 5.21. The highest BCUT2D eigenvalue weighted by molar-refractivity contribution is 6.31. The average Bonchev–Trinajstić information content (AvgIpc) is 2.76. The highest BCUT2D eigenvalue weighted by Gasteiger charge is 2.24. The van der Waals surface area contributed by atoms with Crippen LogP contribution in [0.4, 0.5) is 10.5 Å². The van der Waals surface area contributed by atoms with Crippen molar-refractivity contribution in [3.8, 4) is 6.07 Å². The van der Waals surface area contributed by atoms with Crippen LogP contribution in [0.2, 0.25) is 5.02 Å². The zero-order valence-corrected chi connectivity index (χ0v) is 20.0. The molecule has 0 radical (unpaired) electrons. The Kier molecular flexibility index (Phi) is 7.39. The van der Waals surface area contributed by atoms with Gasteiger partial charge in [0.2, 0.25) is 0 Å². The number of nitrogens with one attached hydrogen (secondary N) is 1. The first-order valence-electron chi connectivity index (χ1n) is 10.7. The van der Waals surface area contributed by atoms with Crippen molar-refractivity contribution in [1.29, 1.82) is 5.26 Å². The lowest BCUT2D eigenvalue weighted by Gasteiger charge is -2.31. The maximum atomic E-state index is 12.7. The predicted octanol–water partition coefficient (Wildman–Crippen LogP) is 5.58. The Morgan fingerprint density at radius 1 is 1.21 bits per heavy atom. The molecule has 0 aliphatic carbocycles. The fraction of sp³-hybridized carbons (Fsp3) is 0.360. The van der Waals surface area contributed by atoms with Crippen LogP contribution >= 0.6 is 11.6 Å². The number of hydrogen-bond acceptors (Lipinski definition) is 5. The van der Waals surface area contributed by atoms with Gasteiger partial charge >= 0.3 is 6.09 Å². The molecule has 1 aliphatic heterocycles. The molecule has 1 fully saturated rings. The van der Waals surface area contributed by atoms with Crippen molar-refractivity contribution in [2.75, 3.05) is 18.4 Å². The minimum Gasteiger partial charge on any atom is -0.444 e. The molecule has 1 aromatic carbocycles. The molecule has 7 nitrogen and oxygen atoms in total. The summed E-state index contributed by atoms with van der Waals surface area (Å²) >= 11 is 6.34. The van der Waals surface area contributed by atoms with E-state index in [2.05, 4.69) is 16.4 Å². The minimum absolute atomic E-state index is 0.291. The van der Waals surface area contributed by atoms with Gasteiger partial charge in [-0.3, -0.25) is 9.78 Å². The highest BCUT2D eigenvalue weighted by Crippen LogP contribution is 2.29. The number of rotatable bonds is 3. The van der Waals surface area contributed by atoms with Crippen molar-refractivity contribution in [2.24, 2.45) is 0 Å². The molecule has 2 heterocycles. The molecule has 0 saturated carbocycles. The molecule has 8 heteroatoms. The van der Waals surface area contributed by atoms with Crippen LogP contribution in [0.15, 0.2) is 36.2 Å². The first-order chi connectivity index (χ1) is 15.6. The Hall–Kier alpha value is -3.37. The monoisotopic (exact) mass is 466 g/mol. The molecule has 2 aromatic rings. The van der Waals surface area contributed by atoms with Crippen LogP contribution in [0.25, 0.3) is 6.08 Å². The van der Waals surface area contributed by atoms with Gasteiger partial charge in [0, 0.05) is 36.2 Å². The lowest BCUT2D eigenvalue weighted by atomic mass is 9.98. The maximum Gasteiger partial charge on any atom is 0.410 e. The second-order valence-electron chi connectivity index (χ2n) is 8.97. The normalized spacial score (nSPS) is 13.8. The summed E-state index contributed by atoms with van der Waals surface area (Å²) in [4.78, 5) is 30.6. The molecule has 1 aliphatic rings. The smallest absolute Gasteiger partial charge is 0.410 e. The van der Waals surface area contributed by atoms with E-state index in [9.17, 15) is 9.59 Å². The van der Waals surface area contributed by atoms with Crippen LogP contribution in [0.3, 0.4) is 0 Å². The average molecular weight is 467 g/mol. The number of piperidine rings is 1. The summed E-state index contributed by atoms with van der Waals surface area (Å²) in [5.41, 5.74) is 3.66. The summed E-state index contributed by atoms with van der Waals surface area (Å²) in [5.74, 6) is -0.366. The minimum atomic E-state index is -0.516. The van der Waals surface area contributed by atoms with Crippen molar-refractivity contribution >= 4 is 35.4 Å². The Morgan fingerprint density at radius 2 is 1.91 bits per heavy atom. The van der Waals surface area contributed by atoms with E-state index in [1.807, 2.05) is 39.8 Å². The largest absolute Gasteiger partial charge is 0.444 e. The number of carbonyl (C=O) groups excluding carboxylic acids is 2. The summed E-state index contributed by atoms with van der Waals surface area (Å²) in [6.45, 7) is 8.66. The van der Waals surface area contributed by atoms with Crippen molar-refractivity contribution in [2.45, 2.75) is 46.1 Å². The third kappa shape index (κ3) is 6.56. The number of nitrogens with zero attached hydrogens (tertiary/aromatic N) is 3. The molecule has 1 aromatic heterocycles. The second kappa shape index (κ2) is 10.1. The summed E-state index contributed by atoms with van der Waals surface area (Å²) in [5, 5.41) is 12.4. The summed E-state index contributed by atoms with van der Waals surface area (Å²) in [6.07, 6.45) is 6.07. The van der Waals surface area contributed by atoms with Gasteiger partial charge in [-0.2, -0.15) is 5.26 Å². The van der Waals surface area contributed by atoms with Gasteiger partial charge in [0.1, 0.15) is 11.7 Å². The molecule has 33 heavy (non-hydrogen) atoms. The summed E-state index contributed by atoms with van der Waals surface area (Å²) in [6, 6.07) is 7.02. The Morgan fingerprint density at radius 3 is 2.55 bits per heavy atom. The Labute approximate surface area is 199 Å². The molecular weight excluding hydrogens is 440 g/mol. The molecule has 0 bridgehead atoms. The maximum absolute atomic E-state index is 12.7. The van der Waals surface area contributed by atoms with Crippen molar-refractivity contribution in [1.82, 2.24) is 9.88 Å². The number of halogens is 1. The fourth-order valence-electron chi connectivity index (χ4n) is 3.47. The van der Waals surface area contributed by atoms with Gasteiger partial charge in [-0.1, -0.05) is 23.3 Å². The van der Waals surface area contributed by atoms with Crippen LogP contribution in [0, 0.1) is 18.3 Å². The number of likely N-dealkylation sites (tertiary alicyclic amines) is 1. The van der Waals surface area contributed by atoms with Crippen molar-refractivity contribution in [3.05, 3.63) is 63.4 Å². The van der Waals surface area contributed by atoms with E-state index >= 15 is 0 Å². The molecule has 2 amide bonds. The number of ether oxygens (including phenoxy) is 1. The first-order valence-corrected chi connectivity index (χ1v) is 11.1. The van der Waals surface area contributed by atoms with Gasteiger partial charge in [-0.05, 0) is 69.9 Å². The number of benzene rings is 1. The van der Waals surface area contributed by atoms with Crippen LogP contribution in [0.5, 0.6) is 0 Å². The highest BCUT2D eigenvalue weighted by atomic mass is 35.5. The van der Waals surface area contributed by atoms with Gasteiger partial charge < -0.3 is 15.0 Å². The SMILES string of the molecule is Cc1c(C=C2CCN(C(=O)OC(C)(C)C)CC2)cc(Cl)cc1NC(=O)c1cncc(C#N)c1. The van der Waals surface area contributed by atoms with Crippen molar-refractivity contribution < 1.29 is 14.3 Å². The quantitative estimate of drug-likeness (QED) is 0.636. The molecule has 3 rings (SSSR count). The van der Waals surface area contributed by atoms with Gasteiger partial charge in [0.05, 0.1) is 11.1 Å². The third-order valence-corrected chi connectivity index (χ3v) is 5.43. The number of hydrogen-bond donors (Lipinski definition) is 1. The van der Waals surface area contributed by atoms with E-state index in [0.717, 1.165) is 24.0 Å². The fourth-order valence-corrected chi connectivity index (χ4v) is 3.69. The molecular formula is C25H27ClN4O3. The topological polar surface area (TPSA) is 95.3 Å². The van der Waals surface area contributed by atoms with Crippen LogP contribution < -0.4 is 5.32 Å². The molecule has 1 saturated heterocycles. The molecule has 1 N–H and O–H groups in total. The second-order valence-corrected chi connectivity index (χ2v) is 9.40.